The molecule has 3 heteroatoms. The predicted octanol–water partition coefficient (Wildman–Crippen LogP) is 2.88. The van der Waals surface area contributed by atoms with Crippen LogP contribution in [0, 0.1) is 0 Å². The number of ether oxygens (including phenoxy) is 1. The van der Waals surface area contributed by atoms with E-state index in [0.29, 0.717) is 0 Å². The van der Waals surface area contributed by atoms with Crippen molar-refractivity contribution in [3.8, 4) is 5.75 Å². The Morgan fingerprint density at radius 3 is 2.47 bits per heavy atom. The van der Waals surface area contributed by atoms with E-state index in [0.717, 1.165) is 12.2 Å². The Morgan fingerprint density at radius 2 is 1.94 bits per heavy atom. The van der Waals surface area contributed by atoms with Crippen LogP contribution in [0.2, 0.25) is 0 Å². The molecule has 1 unspecified atom stereocenters. The van der Waals surface area contributed by atoms with Crippen LogP contribution in [0.15, 0.2) is 18.5 Å². The third-order valence-corrected chi connectivity index (χ3v) is 2.70. The highest BCUT2D eigenvalue weighted by molar-refractivity contribution is 5.29. The second kappa shape index (κ2) is 5.50. The van der Waals surface area contributed by atoms with Crippen molar-refractivity contribution in [1.82, 2.24) is 4.98 Å². The summed E-state index contributed by atoms with van der Waals surface area (Å²) < 4.78 is 5.66. The molecule has 1 aromatic heterocycles. The summed E-state index contributed by atoms with van der Waals surface area (Å²) in [5, 5.41) is 0. The van der Waals surface area contributed by atoms with Gasteiger partial charge >= 0.3 is 0 Å². The Labute approximate surface area is 104 Å². The van der Waals surface area contributed by atoms with Gasteiger partial charge in [0.25, 0.3) is 0 Å². The van der Waals surface area contributed by atoms with Gasteiger partial charge in [-0.05, 0) is 44.2 Å². The van der Waals surface area contributed by atoms with Gasteiger partial charge in [0, 0.05) is 12.2 Å². The second-order valence-corrected chi connectivity index (χ2v) is 5.64. The molecule has 3 nitrogen and oxygen atoms in total. The summed E-state index contributed by atoms with van der Waals surface area (Å²) in [4.78, 5) is 4.25. The molecule has 1 rings (SSSR count). The topological polar surface area (TPSA) is 48.1 Å². The fourth-order valence-electron chi connectivity index (χ4n) is 2.05. The fraction of sp³-hybridized carbons (Fsp3) is 0.643. The SMILES string of the molecule is CC(N)CC(C)(C)c1cncc(OC(C)C)c1. The van der Waals surface area contributed by atoms with Crippen molar-refractivity contribution < 1.29 is 4.74 Å². The Bertz CT molecular complexity index is 359. The first-order chi connectivity index (χ1) is 7.81. The third kappa shape index (κ3) is 4.35. The standard InChI is InChI=1S/C14H24N2O/c1-10(2)17-13-6-12(8-16-9-13)14(4,5)7-11(3)15/h6,8-11H,7,15H2,1-5H3. The molecule has 0 aromatic carbocycles. The molecule has 0 amide bonds. The van der Waals surface area contributed by atoms with Crippen molar-refractivity contribution in [2.45, 2.75) is 58.6 Å². The van der Waals surface area contributed by atoms with E-state index >= 15 is 0 Å². The van der Waals surface area contributed by atoms with Crippen molar-refractivity contribution in [2.24, 2.45) is 5.73 Å². The number of pyridine rings is 1. The lowest BCUT2D eigenvalue weighted by Crippen LogP contribution is -2.28. The number of rotatable bonds is 5. The van der Waals surface area contributed by atoms with E-state index in [2.05, 4.69) is 24.9 Å². The minimum atomic E-state index is 0.0253. The number of hydrogen-bond donors (Lipinski definition) is 1. The number of hydrogen-bond acceptors (Lipinski definition) is 3. The van der Waals surface area contributed by atoms with E-state index in [9.17, 15) is 0 Å². The highest BCUT2D eigenvalue weighted by atomic mass is 16.5. The molecule has 0 aliphatic heterocycles. The summed E-state index contributed by atoms with van der Waals surface area (Å²) in [5.41, 5.74) is 7.08. The molecule has 1 aromatic rings. The Kier molecular flexibility index (Phi) is 4.52. The Hall–Kier alpha value is -1.09. The van der Waals surface area contributed by atoms with Crippen molar-refractivity contribution in [2.75, 3.05) is 0 Å². The van der Waals surface area contributed by atoms with Crippen molar-refractivity contribution in [3.63, 3.8) is 0 Å². The summed E-state index contributed by atoms with van der Waals surface area (Å²) >= 11 is 0. The van der Waals surface area contributed by atoms with Gasteiger partial charge in [-0.25, -0.2) is 0 Å². The van der Waals surface area contributed by atoms with E-state index < -0.39 is 0 Å². The Balaban J connectivity index is 2.90. The van der Waals surface area contributed by atoms with Crippen LogP contribution < -0.4 is 10.5 Å². The summed E-state index contributed by atoms with van der Waals surface area (Å²) in [6, 6.07) is 2.25. The van der Waals surface area contributed by atoms with Gasteiger partial charge in [-0.15, -0.1) is 0 Å². The molecule has 0 fully saturated rings. The molecule has 1 atom stereocenters. The first kappa shape index (κ1) is 14.0. The zero-order valence-electron chi connectivity index (χ0n) is 11.5. The average Bonchev–Trinajstić information content (AvgIpc) is 2.15. The van der Waals surface area contributed by atoms with Gasteiger partial charge in [0.1, 0.15) is 5.75 Å². The molecule has 96 valence electrons. The lowest BCUT2D eigenvalue weighted by molar-refractivity contribution is 0.240. The second-order valence-electron chi connectivity index (χ2n) is 5.64. The molecule has 0 aliphatic carbocycles. The van der Waals surface area contributed by atoms with Crippen LogP contribution in [-0.2, 0) is 5.41 Å². The van der Waals surface area contributed by atoms with Gasteiger partial charge in [0.2, 0.25) is 0 Å². The molecule has 2 N–H and O–H groups in total. The number of aromatic nitrogens is 1. The van der Waals surface area contributed by atoms with E-state index in [1.165, 1.54) is 5.56 Å². The van der Waals surface area contributed by atoms with Crippen LogP contribution in [0.1, 0.15) is 46.6 Å². The molecule has 0 radical (unpaired) electrons. The lowest BCUT2D eigenvalue weighted by Gasteiger charge is -2.27. The van der Waals surface area contributed by atoms with Gasteiger partial charge in [0.05, 0.1) is 12.3 Å². The van der Waals surface area contributed by atoms with E-state index in [4.69, 9.17) is 10.5 Å². The first-order valence-corrected chi connectivity index (χ1v) is 6.19. The molecule has 0 aliphatic rings. The Morgan fingerprint density at radius 1 is 1.29 bits per heavy atom. The maximum atomic E-state index is 5.88. The van der Waals surface area contributed by atoms with Gasteiger partial charge < -0.3 is 10.5 Å². The van der Waals surface area contributed by atoms with Gasteiger partial charge in [-0.1, -0.05) is 13.8 Å². The summed E-state index contributed by atoms with van der Waals surface area (Å²) in [6.07, 6.45) is 4.75. The van der Waals surface area contributed by atoms with Crippen LogP contribution in [-0.4, -0.2) is 17.1 Å². The van der Waals surface area contributed by atoms with Crippen LogP contribution in [0.5, 0.6) is 5.75 Å². The monoisotopic (exact) mass is 236 g/mol. The quantitative estimate of drug-likeness (QED) is 0.855. The minimum absolute atomic E-state index is 0.0253. The minimum Gasteiger partial charge on any atom is -0.489 e. The molecule has 0 spiro atoms. The lowest BCUT2D eigenvalue weighted by atomic mass is 9.80. The van der Waals surface area contributed by atoms with Crippen molar-refractivity contribution in [3.05, 3.63) is 24.0 Å². The molecule has 0 bridgehead atoms. The van der Waals surface area contributed by atoms with Gasteiger partial charge in [-0.2, -0.15) is 0 Å². The summed E-state index contributed by atoms with van der Waals surface area (Å²) in [7, 11) is 0. The largest absolute Gasteiger partial charge is 0.489 e. The average molecular weight is 236 g/mol. The molecular weight excluding hydrogens is 212 g/mol. The predicted molar refractivity (Wildman–Crippen MR) is 71.3 cm³/mol. The molecular formula is C14H24N2O. The normalized spacial score (nSPS) is 13.8. The molecule has 1 heterocycles. The van der Waals surface area contributed by atoms with Crippen molar-refractivity contribution >= 4 is 0 Å². The van der Waals surface area contributed by atoms with Crippen LogP contribution in [0.25, 0.3) is 0 Å². The van der Waals surface area contributed by atoms with Gasteiger partial charge in [0.15, 0.2) is 0 Å². The molecule has 0 saturated heterocycles. The highest BCUT2D eigenvalue weighted by Crippen LogP contribution is 2.29. The van der Waals surface area contributed by atoms with E-state index in [1.54, 1.807) is 6.20 Å². The van der Waals surface area contributed by atoms with Crippen LogP contribution in [0.4, 0.5) is 0 Å². The van der Waals surface area contributed by atoms with E-state index in [-0.39, 0.29) is 17.6 Å². The van der Waals surface area contributed by atoms with Crippen molar-refractivity contribution in [1.29, 1.82) is 0 Å². The third-order valence-electron chi connectivity index (χ3n) is 2.70. The number of nitrogens with zero attached hydrogens (tertiary/aromatic N) is 1. The van der Waals surface area contributed by atoms with E-state index in [1.807, 2.05) is 27.0 Å². The first-order valence-electron chi connectivity index (χ1n) is 6.19. The smallest absolute Gasteiger partial charge is 0.138 e. The van der Waals surface area contributed by atoms with Gasteiger partial charge in [-0.3, -0.25) is 4.98 Å². The van der Waals surface area contributed by atoms with Crippen LogP contribution >= 0.6 is 0 Å². The fourth-order valence-corrected chi connectivity index (χ4v) is 2.05. The highest BCUT2D eigenvalue weighted by Gasteiger charge is 2.23. The zero-order chi connectivity index (χ0) is 13.1. The molecule has 0 saturated carbocycles. The van der Waals surface area contributed by atoms with Crippen LogP contribution in [0.3, 0.4) is 0 Å². The maximum absolute atomic E-state index is 5.88. The number of nitrogens with two attached hydrogens (primary N) is 1. The zero-order valence-corrected chi connectivity index (χ0v) is 11.5. The molecule has 17 heavy (non-hydrogen) atoms. The summed E-state index contributed by atoms with van der Waals surface area (Å²) in [5.74, 6) is 0.829. The maximum Gasteiger partial charge on any atom is 0.138 e. The summed E-state index contributed by atoms with van der Waals surface area (Å²) in [6.45, 7) is 10.4.